The zero-order valence-electron chi connectivity index (χ0n) is 28.3. The largest absolute Gasteiger partial charge is 0.481 e. The van der Waals surface area contributed by atoms with Crippen LogP contribution in [0.2, 0.25) is 0 Å². The van der Waals surface area contributed by atoms with Crippen LogP contribution in [0, 0.1) is 23.0 Å². The SMILES string of the molecule is CC(Cc1cccc(C2CCCC(C)(C)CS(=O)(=O)CCc3c(c(F)cc4[nH]ccc34)Cc3ccc(F)c(c3)-c3nc2nn3C)c1)C(=O)O. The average Bonchev–Trinajstić information content (AvgIpc) is 3.65. The molecule has 0 spiro atoms. The van der Waals surface area contributed by atoms with Crippen LogP contribution in [0.15, 0.2) is 60.8 Å². The molecule has 2 unspecified atom stereocenters. The van der Waals surface area contributed by atoms with Gasteiger partial charge in [0, 0.05) is 36.5 Å². The summed E-state index contributed by atoms with van der Waals surface area (Å²) in [5.74, 6) is -1.99. The third-order valence-electron chi connectivity index (χ3n) is 9.71. The van der Waals surface area contributed by atoms with Crippen LogP contribution >= 0.6 is 0 Å². The van der Waals surface area contributed by atoms with Gasteiger partial charge in [-0.3, -0.25) is 4.79 Å². The predicted octanol–water partition coefficient (Wildman–Crippen LogP) is 7.39. The van der Waals surface area contributed by atoms with E-state index in [1.165, 1.54) is 12.1 Å². The number of carboxylic acid groups (broad SMARTS) is 1. The first kappa shape index (κ1) is 34.5. The van der Waals surface area contributed by atoms with Crippen molar-refractivity contribution in [2.45, 2.75) is 65.2 Å². The maximum absolute atomic E-state index is 15.8. The van der Waals surface area contributed by atoms with Crippen LogP contribution < -0.4 is 0 Å². The number of nitrogens with one attached hydrogen (secondary N) is 1. The molecule has 0 radical (unpaired) electrons. The number of halogens is 2. The Labute approximate surface area is 285 Å². The summed E-state index contributed by atoms with van der Waals surface area (Å²) in [5, 5.41) is 15.0. The molecular formula is C38H42F2N4O4S. The van der Waals surface area contributed by atoms with Crippen molar-refractivity contribution < 1.29 is 27.1 Å². The van der Waals surface area contributed by atoms with Gasteiger partial charge in [-0.05, 0) is 83.2 Å². The Morgan fingerprint density at radius 2 is 1.90 bits per heavy atom. The van der Waals surface area contributed by atoms with Crippen LogP contribution in [-0.4, -0.2) is 50.7 Å². The normalized spacial score (nSPS) is 18.7. The highest BCUT2D eigenvalue weighted by atomic mass is 32.2. The summed E-state index contributed by atoms with van der Waals surface area (Å²) in [6.07, 6.45) is 4.25. The number of carbonyl (C=O) groups is 1. The Bertz CT molecular complexity index is 2140. The van der Waals surface area contributed by atoms with E-state index in [2.05, 4.69) is 4.98 Å². The summed E-state index contributed by atoms with van der Waals surface area (Å²) in [4.78, 5) is 19.5. The number of H-pyrrole nitrogens is 1. The van der Waals surface area contributed by atoms with E-state index < -0.39 is 38.8 Å². The Kier molecular flexibility index (Phi) is 9.50. The van der Waals surface area contributed by atoms with Gasteiger partial charge in [0.25, 0.3) is 0 Å². The zero-order chi connectivity index (χ0) is 35.1. The van der Waals surface area contributed by atoms with E-state index in [9.17, 15) is 18.3 Å². The number of benzene rings is 3. The highest BCUT2D eigenvalue weighted by Gasteiger charge is 2.29. The van der Waals surface area contributed by atoms with Gasteiger partial charge in [-0.1, -0.05) is 57.5 Å². The molecule has 258 valence electrons. The van der Waals surface area contributed by atoms with Gasteiger partial charge >= 0.3 is 5.97 Å². The molecule has 0 saturated heterocycles. The minimum Gasteiger partial charge on any atom is -0.481 e. The van der Waals surface area contributed by atoms with Gasteiger partial charge in [-0.2, -0.15) is 5.10 Å². The van der Waals surface area contributed by atoms with E-state index in [1.54, 1.807) is 37.0 Å². The lowest BCUT2D eigenvalue weighted by Crippen LogP contribution is -2.27. The smallest absolute Gasteiger partial charge is 0.306 e. The first-order chi connectivity index (χ1) is 23.2. The Morgan fingerprint density at radius 1 is 1.10 bits per heavy atom. The third-order valence-corrected chi connectivity index (χ3v) is 11.8. The molecule has 5 aromatic rings. The highest BCUT2D eigenvalue weighted by Crippen LogP contribution is 2.36. The Balaban J connectivity index is 1.47. The molecule has 8 nitrogen and oxygen atoms in total. The fraction of sp³-hybridized carbons (Fsp3) is 0.395. The number of sulfone groups is 1. The van der Waals surface area contributed by atoms with Crippen molar-refractivity contribution in [3.05, 3.63) is 106 Å². The van der Waals surface area contributed by atoms with E-state index in [1.807, 2.05) is 44.2 Å². The summed E-state index contributed by atoms with van der Waals surface area (Å²) < 4.78 is 60.1. The van der Waals surface area contributed by atoms with E-state index in [0.29, 0.717) is 59.5 Å². The average molecular weight is 689 g/mol. The highest BCUT2D eigenvalue weighted by molar-refractivity contribution is 7.91. The molecule has 0 fully saturated rings. The lowest BCUT2D eigenvalue weighted by molar-refractivity contribution is -0.141. The predicted molar refractivity (Wildman–Crippen MR) is 186 cm³/mol. The number of hydrogen-bond donors (Lipinski definition) is 2. The number of aliphatic carboxylic acids is 1. The molecule has 2 aromatic heterocycles. The van der Waals surface area contributed by atoms with Gasteiger partial charge < -0.3 is 10.1 Å². The van der Waals surface area contributed by atoms with Crippen LogP contribution in [0.3, 0.4) is 0 Å². The van der Waals surface area contributed by atoms with Crippen molar-refractivity contribution in [2.24, 2.45) is 18.4 Å². The van der Waals surface area contributed by atoms with Gasteiger partial charge in [0.1, 0.15) is 11.6 Å². The molecule has 0 amide bonds. The molecule has 2 N–H and O–H groups in total. The quantitative estimate of drug-likeness (QED) is 0.203. The minimum atomic E-state index is -3.52. The van der Waals surface area contributed by atoms with Crippen molar-refractivity contribution >= 4 is 26.7 Å². The fourth-order valence-electron chi connectivity index (χ4n) is 7.21. The standard InChI is InChI=1S/C38H42F2N4O4S/c1-23(37(45)46)17-24-7-5-8-26(18-24)27-9-6-14-38(2,3)22-49(47,48)16-13-28-29-12-15-41-34(29)21-33(40)30(28)19-25-10-11-32(39)31(20-25)36-42-35(27)43-44(36)4/h5,7-8,10-12,15,18,20-21,23,27,41H,6,9,13-14,16-17,19,22H2,1-4H3,(H,45,46). The first-order valence-electron chi connectivity index (χ1n) is 16.7. The number of nitrogens with zero attached hydrogens (tertiary/aromatic N) is 3. The molecule has 1 aliphatic rings. The van der Waals surface area contributed by atoms with Gasteiger partial charge in [0.15, 0.2) is 21.5 Å². The maximum atomic E-state index is 15.8. The molecule has 6 rings (SSSR count). The Morgan fingerprint density at radius 3 is 2.67 bits per heavy atom. The van der Waals surface area contributed by atoms with E-state index in [4.69, 9.17) is 10.1 Å². The molecule has 4 bridgehead atoms. The maximum Gasteiger partial charge on any atom is 0.306 e. The number of aromatic nitrogens is 4. The second-order valence-electron chi connectivity index (χ2n) is 14.3. The lowest BCUT2D eigenvalue weighted by Gasteiger charge is -2.26. The molecule has 3 aromatic carbocycles. The molecule has 1 aliphatic heterocycles. The van der Waals surface area contributed by atoms with Crippen LogP contribution in [0.25, 0.3) is 22.3 Å². The molecule has 3 heterocycles. The second-order valence-corrected chi connectivity index (χ2v) is 16.5. The number of carboxylic acids is 1. The number of rotatable bonds is 4. The van der Waals surface area contributed by atoms with Crippen molar-refractivity contribution in [2.75, 3.05) is 11.5 Å². The summed E-state index contributed by atoms with van der Waals surface area (Å²) in [6, 6.07) is 15.6. The van der Waals surface area contributed by atoms with Crippen molar-refractivity contribution in [1.82, 2.24) is 19.7 Å². The van der Waals surface area contributed by atoms with Crippen LogP contribution in [0.4, 0.5) is 8.78 Å². The topological polar surface area (TPSA) is 118 Å². The van der Waals surface area contributed by atoms with E-state index >= 15 is 8.78 Å². The molecule has 49 heavy (non-hydrogen) atoms. The molecule has 0 saturated carbocycles. The van der Waals surface area contributed by atoms with Crippen molar-refractivity contribution in [3.8, 4) is 11.4 Å². The van der Waals surface area contributed by atoms with Crippen LogP contribution in [0.1, 0.15) is 79.6 Å². The van der Waals surface area contributed by atoms with Gasteiger partial charge in [0.05, 0.1) is 23.0 Å². The van der Waals surface area contributed by atoms with Crippen LogP contribution in [0.5, 0.6) is 0 Å². The van der Waals surface area contributed by atoms with Crippen LogP contribution in [-0.2, 0) is 40.9 Å². The third kappa shape index (κ3) is 7.61. The molecule has 2 atom stereocenters. The number of aromatic amines is 1. The molecular weight excluding hydrogens is 647 g/mol. The molecule has 11 heteroatoms. The summed E-state index contributed by atoms with van der Waals surface area (Å²) in [6.45, 7) is 5.58. The summed E-state index contributed by atoms with van der Waals surface area (Å²) in [5.41, 5.74) is 3.74. The number of fused-ring (bicyclic) bond motifs is 8. The summed E-state index contributed by atoms with van der Waals surface area (Å²) >= 11 is 0. The second kappa shape index (κ2) is 13.5. The monoisotopic (exact) mass is 688 g/mol. The number of hydrogen-bond acceptors (Lipinski definition) is 5. The van der Waals surface area contributed by atoms with Crippen molar-refractivity contribution in [1.29, 1.82) is 0 Å². The van der Waals surface area contributed by atoms with E-state index in [-0.39, 0.29) is 35.8 Å². The van der Waals surface area contributed by atoms with Gasteiger partial charge in [-0.25, -0.2) is 26.9 Å². The number of aryl methyl sites for hydroxylation is 2. The van der Waals surface area contributed by atoms with Gasteiger partial charge in [-0.15, -0.1) is 0 Å². The minimum absolute atomic E-state index is 0.0124. The fourth-order valence-corrected chi connectivity index (χ4v) is 9.21. The van der Waals surface area contributed by atoms with Crippen molar-refractivity contribution in [3.63, 3.8) is 0 Å². The van der Waals surface area contributed by atoms with Gasteiger partial charge in [0.2, 0.25) is 0 Å². The Hall–Kier alpha value is -4.38. The lowest BCUT2D eigenvalue weighted by atomic mass is 9.85. The first-order valence-corrected chi connectivity index (χ1v) is 18.5. The summed E-state index contributed by atoms with van der Waals surface area (Å²) in [7, 11) is -1.81. The van der Waals surface area contributed by atoms with E-state index in [0.717, 1.165) is 16.5 Å². The molecule has 0 aliphatic carbocycles. The zero-order valence-corrected chi connectivity index (χ0v) is 29.1.